The molecule has 0 bridgehead atoms. The maximum Gasteiger partial charge on any atom is 0.410 e. The quantitative estimate of drug-likeness (QED) is 0.741. The molecule has 1 aliphatic rings. The highest BCUT2D eigenvalue weighted by atomic mass is 79.9. The van der Waals surface area contributed by atoms with Gasteiger partial charge in [0, 0.05) is 24.7 Å². The number of carbonyl (C=O) groups is 1. The standard InChI is InChI=1S/C14H19BrN2O2/c1-14(2,3)19-13(18)17-8-7-10(9-17)11-5-4-6-12(15)16-11/h4-6,10H,7-9H2,1-3H3/t10-/m0/s1. The fourth-order valence-electron chi connectivity index (χ4n) is 2.15. The maximum atomic E-state index is 12.0. The van der Waals surface area contributed by atoms with Gasteiger partial charge in [0.1, 0.15) is 10.2 Å². The first kappa shape index (κ1) is 14.3. The summed E-state index contributed by atoms with van der Waals surface area (Å²) in [6.45, 7) is 7.06. The molecule has 1 aromatic rings. The van der Waals surface area contributed by atoms with Crippen LogP contribution in [-0.2, 0) is 4.74 Å². The molecule has 2 heterocycles. The number of amides is 1. The van der Waals surface area contributed by atoms with Gasteiger partial charge in [-0.15, -0.1) is 0 Å². The highest BCUT2D eigenvalue weighted by Crippen LogP contribution is 2.27. The molecule has 0 unspecified atom stereocenters. The molecular weight excluding hydrogens is 308 g/mol. The van der Waals surface area contributed by atoms with Crippen molar-refractivity contribution >= 4 is 22.0 Å². The van der Waals surface area contributed by atoms with Crippen LogP contribution >= 0.6 is 15.9 Å². The summed E-state index contributed by atoms with van der Waals surface area (Å²) >= 11 is 3.38. The second-order valence-corrected chi connectivity index (χ2v) is 6.61. The molecule has 0 radical (unpaired) electrons. The van der Waals surface area contributed by atoms with Gasteiger partial charge in [0.2, 0.25) is 0 Å². The SMILES string of the molecule is CC(C)(C)OC(=O)N1CC[C@H](c2cccc(Br)n2)C1. The zero-order valence-electron chi connectivity index (χ0n) is 11.5. The Morgan fingerprint density at radius 1 is 1.47 bits per heavy atom. The Balaban J connectivity index is 1.98. The predicted octanol–water partition coefficient (Wildman–Crippen LogP) is 3.57. The van der Waals surface area contributed by atoms with E-state index >= 15 is 0 Å². The zero-order chi connectivity index (χ0) is 14.0. The van der Waals surface area contributed by atoms with E-state index in [1.54, 1.807) is 4.90 Å². The van der Waals surface area contributed by atoms with Crippen LogP contribution in [0.15, 0.2) is 22.8 Å². The summed E-state index contributed by atoms with van der Waals surface area (Å²) in [6, 6.07) is 5.89. The molecule has 0 N–H and O–H groups in total. The number of carbonyl (C=O) groups excluding carboxylic acids is 1. The lowest BCUT2D eigenvalue weighted by Gasteiger charge is -2.24. The second-order valence-electron chi connectivity index (χ2n) is 5.80. The van der Waals surface area contributed by atoms with Gasteiger partial charge >= 0.3 is 6.09 Å². The topological polar surface area (TPSA) is 42.4 Å². The predicted molar refractivity (Wildman–Crippen MR) is 77.1 cm³/mol. The van der Waals surface area contributed by atoms with Crippen LogP contribution in [-0.4, -0.2) is 34.7 Å². The Morgan fingerprint density at radius 3 is 2.84 bits per heavy atom. The van der Waals surface area contributed by atoms with Crippen LogP contribution in [0.25, 0.3) is 0 Å². The molecule has 2 rings (SSSR count). The Kier molecular flexibility index (Phi) is 4.13. The highest BCUT2D eigenvalue weighted by molar-refractivity contribution is 9.10. The van der Waals surface area contributed by atoms with Gasteiger partial charge in [-0.1, -0.05) is 6.07 Å². The van der Waals surface area contributed by atoms with Crippen molar-refractivity contribution in [3.05, 3.63) is 28.5 Å². The molecule has 0 spiro atoms. The number of rotatable bonds is 1. The lowest BCUT2D eigenvalue weighted by molar-refractivity contribution is 0.0292. The Labute approximate surface area is 122 Å². The first-order chi connectivity index (χ1) is 8.85. The van der Waals surface area contributed by atoms with Crippen LogP contribution in [0.1, 0.15) is 38.8 Å². The summed E-state index contributed by atoms with van der Waals surface area (Å²) in [5, 5.41) is 0. The first-order valence-corrected chi connectivity index (χ1v) is 7.25. The van der Waals surface area contributed by atoms with Crippen molar-refractivity contribution in [2.24, 2.45) is 0 Å². The van der Waals surface area contributed by atoms with Crippen molar-refractivity contribution in [3.8, 4) is 0 Å². The minimum absolute atomic E-state index is 0.231. The molecule has 1 aliphatic heterocycles. The van der Waals surface area contributed by atoms with E-state index in [9.17, 15) is 4.79 Å². The van der Waals surface area contributed by atoms with Gasteiger partial charge < -0.3 is 9.64 Å². The summed E-state index contributed by atoms with van der Waals surface area (Å²) in [4.78, 5) is 18.2. The van der Waals surface area contributed by atoms with Gasteiger partial charge in [-0.3, -0.25) is 0 Å². The van der Waals surface area contributed by atoms with Crippen molar-refractivity contribution in [3.63, 3.8) is 0 Å². The molecule has 0 aromatic carbocycles. The van der Waals surface area contributed by atoms with Gasteiger partial charge in [0.15, 0.2) is 0 Å². The number of hydrogen-bond acceptors (Lipinski definition) is 3. The molecule has 5 heteroatoms. The second kappa shape index (κ2) is 5.49. The van der Waals surface area contributed by atoms with Gasteiger partial charge in [-0.05, 0) is 55.3 Å². The molecule has 1 amide bonds. The van der Waals surface area contributed by atoms with E-state index in [0.29, 0.717) is 12.5 Å². The molecule has 1 aromatic heterocycles. The zero-order valence-corrected chi connectivity index (χ0v) is 13.1. The molecule has 0 aliphatic carbocycles. The van der Waals surface area contributed by atoms with E-state index in [2.05, 4.69) is 20.9 Å². The van der Waals surface area contributed by atoms with Gasteiger partial charge in [-0.2, -0.15) is 0 Å². The Hall–Kier alpha value is -1.10. The highest BCUT2D eigenvalue weighted by Gasteiger charge is 2.31. The minimum Gasteiger partial charge on any atom is -0.444 e. The first-order valence-electron chi connectivity index (χ1n) is 6.45. The van der Waals surface area contributed by atoms with E-state index in [1.807, 2.05) is 39.0 Å². The summed E-state index contributed by atoms with van der Waals surface area (Å²) in [6.07, 6.45) is 0.702. The van der Waals surface area contributed by atoms with Gasteiger partial charge in [0.05, 0.1) is 0 Å². The Morgan fingerprint density at radius 2 is 2.21 bits per heavy atom. The summed E-state index contributed by atoms with van der Waals surface area (Å²) < 4.78 is 6.22. The summed E-state index contributed by atoms with van der Waals surface area (Å²) in [7, 11) is 0. The van der Waals surface area contributed by atoms with E-state index in [-0.39, 0.29) is 6.09 Å². The maximum absolute atomic E-state index is 12.0. The molecular formula is C14H19BrN2O2. The van der Waals surface area contributed by atoms with Crippen molar-refractivity contribution in [2.45, 2.75) is 38.7 Å². The fraction of sp³-hybridized carbons (Fsp3) is 0.571. The lowest BCUT2D eigenvalue weighted by atomic mass is 10.0. The average Bonchev–Trinajstić information content (AvgIpc) is 2.75. The molecule has 1 atom stereocenters. The normalized spacial score (nSPS) is 19.6. The minimum atomic E-state index is -0.441. The molecule has 1 saturated heterocycles. The lowest BCUT2D eigenvalue weighted by Crippen LogP contribution is -2.35. The van der Waals surface area contributed by atoms with Gasteiger partial charge in [-0.25, -0.2) is 9.78 Å². The van der Waals surface area contributed by atoms with Crippen LogP contribution in [0.3, 0.4) is 0 Å². The molecule has 1 fully saturated rings. The summed E-state index contributed by atoms with van der Waals surface area (Å²) in [5.41, 5.74) is 0.587. The number of ether oxygens (including phenoxy) is 1. The van der Waals surface area contributed by atoms with Crippen LogP contribution in [0.5, 0.6) is 0 Å². The largest absolute Gasteiger partial charge is 0.444 e. The number of likely N-dealkylation sites (tertiary alicyclic amines) is 1. The van der Waals surface area contributed by atoms with Crippen molar-refractivity contribution < 1.29 is 9.53 Å². The third kappa shape index (κ3) is 3.93. The third-order valence-corrected chi connectivity index (χ3v) is 3.44. The van der Waals surface area contributed by atoms with Crippen LogP contribution in [0.2, 0.25) is 0 Å². The monoisotopic (exact) mass is 326 g/mol. The van der Waals surface area contributed by atoms with Crippen LogP contribution in [0.4, 0.5) is 4.79 Å². The van der Waals surface area contributed by atoms with Crippen molar-refractivity contribution in [1.29, 1.82) is 0 Å². The van der Waals surface area contributed by atoms with E-state index < -0.39 is 5.60 Å². The van der Waals surface area contributed by atoms with E-state index in [0.717, 1.165) is 23.3 Å². The fourth-order valence-corrected chi connectivity index (χ4v) is 2.50. The van der Waals surface area contributed by atoms with Crippen molar-refractivity contribution in [1.82, 2.24) is 9.88 Å². The smallest absolute Gasteiger partial charge is 0.410 e. The number of aromatic nitrogens is 1. The molecule has 4 nitrogen and oxygen atoms in total. The summed E-state index contributed by atoms with van der Waals surface area (Å²) in [5.74, 6) is 0.296. The van der Waals surface area contributed by atoms with Crippen molar-refractivity contribution in [2.75, 3.05) is 13.1 Å². The number of pyridine rings is 1. The average molecular weight is 327 g/mol. The third-order valence-electron chi connectivity index (χ3n) is 2.99. The number of halogens is 1. The number of nitrogens with zero attached hydrogens (tertiary/aromatic N) is 2. The van der Waals surface area contributed by atoms with Crippen LogP contribution in [0, 0.1) is 0 Å². The number of hydrogen-bond donors (Lipinski definition) is 0. The molecule has 19 heavy (non-hydrogen) atoms. The van der Waals surface area contributed by atoms with E-state index in [1.165, 1.54) is 0 Å². The molecule has 0 saturated carbocycles. The van der Waals surface area contributed by atoms with Crippen LogP contribution < -0.4 is 0 Å². The molecule has 104 valence electrons. The Bertz CT molecular complexity index is 471. The van der Waals surface area contributed by atoms with Gasteiger partial charge in [0.25, 0.3) is 0 Å². The van der Waals surface area contributed by atoms with E-state index in [4.69, 9.17) is 4.74 Å².